The van der Waals surface area contributed by atoms with E-state index < -0.39 is 0 Å². The number of nitrogens with one attached hydrogen (secondary N) is 1. The fourth-order valence-corrected chi connectivity index (χ4v) is 3.12. The SMILES string of the molecule is CCC1(C)NC(C(C)C)N(CC2CCCOC2)C1=O. The maximum atomic E-state index is 12.7. The maximum Gasteiger partial charge on any atom is 0.243 e. The highest BCUT2D eigenvalue weighted by molar-refractivity contribution is 5.88. The molecule has 0 aromatic heterocycles. The minimum atomic E-state index is -0.384. The van der Waals surface area contributed by atoms with Crippen molar-refractivity contribution in [2.75, 3.05) is 19.8 Å². The molecule has 0 aromatic rings. The molecule has 110 valence electrons. The fourth-order valence-electron chi connectivity index (χ4n) is 3.12. The Morgan fingerprint density at radius 1 is 1.53 bits per heavy atom. The first-order chi connectivity index (χ1) is 8.98. The van der Waals surface area contributed by atoms with E-state index in [0.29, 0.717) is 11.8 Å². The molecule has 2 heterocycles. The predicted molar refractivity (Wildman–Crippen MR) is 75.7 cm³/mol. The summed E-state index contributed by atoms with van der Waals surface area (Å²) in [6, 6.07) is 0. The van der Waals surface area contributed by atoms with Crippen LogP contribution in [0.25, 0.3) is 0 Å². The van der Waals surface area contributed by atoms with Crippen LogP contribution in [0.2, 0.25) is 0 Å². The fraction of sp³-hybridized carbons (Fsp3) is 0.933. The van der Waals surface area contributed by atoms with E-state index in [1.54, 1.807) is 0 Å². The molecule has 2 rings (SSSR count). The molecule has 0 spiro atoms. The van der Waals surface area contributed by atoms with Crippen molar-refractivity contribution in [1.82, 2.24) is 10.2 Å². The van der Waals surface area contributed by atoms with E-state index in [1.165, 1.54) is 6.42 Å². The Labute approximate surface area is 116 Å². The van der Waals surface area contributed by atoms with Gasteiger partial charge in [-0.2, -0.15) is 0 Å². The van der Waals surface area contributed by atoms with Gasteiger partial charge in [-0.15, -0.1) is 0 Å². The van der Waals surface area contributed by atoms with E-state index >= 15 is 0 Å². The monoisotopic (exact) mass is 268 g/mol. The lowest BCUT2D eigenvalue weighted by atomic mass is 9.98. The van der Waals surface area contributed by atoms with Crippen molar-refractivity contribution in [1.29, 1.82) is 0 Å². The quantitative estimate of drug-likeness (QED) is 0.848. The van der Waals surface area contributed by atoms with Gasteiger partial charge in [-0.3, -0.25) is 10.1 Å². The van der Waals surface area contributed by atoms with Crippen molar-refractivity contribution in [3.8, 4) is 0 Å². The summed E-state index contributed by atoms with van der Waals surface area (Å²) < 4.78 is 5.54. The minimum Gasteiger partial charge on any atom is -0.381 e. The molecule has 2 saturated heterocycles. The first kappa shape index (κ1) is 14.8. The van der Waals surface area contributed by atoms with E-state index in [-0.39, 0.29) is 17.6 Å². The summed E-state index contributed by atoms with van der Waals surface area (Å²) >= 11 is 0. The zero-order valence-corrected chi connectivity index (χ0v) is 12.7. The molecule has 1 N–H and O–H groups in total. The molecule has 4 heteroatoms. The number of ether oxygens (including phenoxy) is 1. The first-order valence-corrected chi connectivity index (χ1v) is 7.64. The van der Waals surface area contributed by atoms with Crippen LogP contribution in [0.5, 0.6) is 0 Å². The summed E-state index contributed by atoms with van der Waals surface area (Å²) in [7, 11) is 0. The molecule has 1 amide bonds. The average Bonchev–Trinajstić information content (AvgIpc) is 2.66. The molecule has 2 aliphatic rings. The molecule has 0 bridgehead atoms. The van der Waals surface area contributed by atoms with E-state index in [1.807, 2.05) is 6.92 Å². The highest BCUT2D eigenvalue weighted by Gasteiger charge is 2.47. The van der Waals surface area contributed by atoms with Crippen LogP contribution >= 0.6 is 0 Å². The number of amides is 1. The number of nitrogens with zero attached hydrogens (tertiary/aromatic N) is 1. The van der Waals surface area contributed by atoms with E-state index in [9.17, 15) is 4.79 Å². The van der Waals surface area contributed by atoms with Crippen LogP contribution < -0.4 is 5.32 Å². The topological polar surface area (TPSA) is 41.6 Å². The lowest BCUT2D eigenvalue weighted by Crippen LogP contribution is -2.45. The number of rotatable bonds is 4. The summed E-state index contributed by atoms with van der Waals surface area (Å²) in [4.78, 5) is 14.7. The normalized spacial score (nSPS) is 36.3. The second-order valence-electron chi connectivity index (χ2n) is 6.56. The van der Waals surface area contributed by atoms with E-state index in [2.05, 4.69) is 31.0 Å². The van der Waals surface area contributed by atoms with Crippen molar-refractivity contribution in [3.05, 3.63) is 0 Å². The minimum absolute atomic E-state index is 0.166. The third kappa shape index (κ3) is 2.95. The molecule has 0 radical (unpaired) electrons. The third-order valence-electron chi connectivity index (χ3n) is 4.58. The second kappa shape index (κ2) is 5.80. The molecular weight excluding hydrogens is 240 g/mol. The summed E-state index contributed by atoms with van der Waals surface area (Å²) in [5, 5.41) is 3.54. The summed E-state index contributed by atoms with van der Waals surface area (Å²) in [5.74, 6) is 1.20. The van der Waals surface area contributed by atoms with Crippen LogP contribution in [0.4, 0.5) is 0 Å². The molecular formula is C15H28N2O2. The van der Waals surface area contributed by atoms with E-state index in [4.69, 9.17) is 4.74 Å². The largest absolute Gasteiger partial charge is 0.381 e. The molecule has 0 saturated carbocycles. The number of hydrogen-bond acceptors (Lipinski definition) is 3. The predicted octanol–water partition coefficient (Wildman–Crippen LogP) is 2.00. The zero-order chi connectivity index (χ0) is 14.0. The smallest absolute Gasteiger partial charge is 0.243 e. The van der Waals surface area contributed by atoms with Crippen LogP contribution in [-0.2, 0) is 9.53 Å². The van der Waals surface area contributed by atoms with Crippen LogP contribution in [0.1, 0.15) is 47.0 Å². The Bertz CT molecular complexity index is 326. The molecule has 19 heavy (non-hydrogen) atoms. The number of carbonyl (C=O) groups is 1. The molecule has 3 unspecified atom stereocenters. The summed E-state index contributed by atoms with van der Waals surface area (Å²) in [6.07, 6.45) is 3.31. The molecule has 2 fully saturated rings. The Morgan fingerprint density at radius 3 is 2.79 bits per heavy atom. The first-order valence-electron chi connectivity index (χ1n) is 7.64. The molecule has 2 aliphatic heterocycles. The van der Waals surface area contributed by atoms with Crippen LogP contribution in [0.3, 0.4) is 0 Å². The molecule has 0 aliphatic carbocycles. The van der Waals surface area contributed by atoms with Gasteiger partial charge < -0.3 is 9.64 Å². The van der Waals surface area contributed by atoms with Crippen molar-refractivity contribution >= 4 is 5.91 Å². The molecule has 4 nitrogen and oxygen atoms in total. The van der Waals surface area contributed by atoms with Gasteiger partial charge in [0, 0.05) is 19.1 Å². The van der Waals surface area contributed by atoms with Gasteiger partial charge >= 0.3 is 0 Å². The van der Waals surface area contributed by atoms with Gasteiger partial charge in [-0.25, -0.2) is 0 Å². The summed E-state index contributed by atoms with van der Waals surface area (Å²) in [5.41, 5.74) is -0.384. The Morgan fingerprint density at radius 2 is 2.26 bits per heavy atom. The lowest BCUT2D eigenvalue weighted by Gasteiger charge is -2.32. The zero-order valence-electron chi connectivity index (χ0n) is 12.7. The Balaban J connectivity index is 2.08. The lowest BCUT2D eigenvalue weighted by molar-refractivity contribution is -0.134. The molecule has 3 atom stereocenters. The summed E-state index contributed by atoms with van der Waals surface area (Å²) in [6.45, 7) is 11.0. The number of hydrogen-bond donors (Lipinski definition) is 1. The molecule has 0 aromatic carbocycles. The van der Waals surface area contributed by atoms with Crippen molar-refractivity contribution in [3.63, 3.8) is 0 Å². The second-order valence-corrected chi connectivity index (χ2v) is 6.56. The van der Waals surface area contributed by atoms with Gasteiger partial charge in [0.15, 0.2) is 0 Å². The van der Waals surface area contributed by atoms with Crippen molar-refractivity contribution in [2.45, 2.75) is 58.7 Å². The van der Waals surface area contributed by atoms with Crippen molar-refractivity contribution < 1.29 is 9.53 Å². The number of carbonyl (C=O) groups excluding carboxylic acids is 1. The van der Waals surface area contributed by atoms with Crippen LogP contribution in [0.15, 0.2) is 0 Å². The van der Waals surface area contributed by atoms with E-state index in [0.717, 1.165) is 32.6 Å². The Kier molecular flexibility index (Phi) is 4.51. The van der Waals surface area contributed by atoms with Gasteiger partial charge in [-0.1, -0.05) is 20.8 Å². The standard InChI is InChI=1S/C15H28N2O2/c1-5-15(4)14(18)17(13(16-15)11(2)3)9-12-7-6-8-19-10-12/h11-13,16H,5-10H2,1-4H3. The highest BCUT2D eigenvalue weighted by atomic mass is 16.5. The van der Waals surface area contributed by atoms with Gasteiger partial charge in [0.05, 0.1) is 18.3 Å². The van der Waals surface area contributed by atoms with Gasteiger partial charge in [0.2, 0.25) is 5.91 Å². The highest BCUT2D eigenvalue weighted by Crippen LogP contribution is 2.29. The van der Waals surface area contributed by atoms with Gasteiger partial charge in [-0.05, 0) is 32.1 Å². The van der Waals surface area contributed by atoms with Crippen molar-refractivity contribution in [2.24, 2.45) is 11.8 Å². The average molecular weight is 268 g/mol. The van der Waals surface area contributed by atoms with Crippen LogP contribution in [-0.4, -0.2) is 42.3 Å². The third-order valence-corrected chi connectivity index (χ3v) is 4.58. The van der Waals surface area contributed by atoms with Crippen LogP contribution in [0, 0.1) is 11.8 Å². The van der Waals surface area contributed by atoms with Gasteiger partial charge in [0.25, 0.3) is 0 Å². The maximum absolute atomic E-state index is 12.7. The van der Waals surface area contributed by atoms with Gasteiger partial charge in [0.1, 0.15) is 0 Å². The Hall–Kier alpha value is -0.610.